The number of benzene rings is 1. The van der Waals surface area contributed by atoms with Crippen LogP contribution in [0.4, 0.5) is 0 Å². The van der Waals surface area contributed by atoms with Crippen LogP contribution in [0.3, 0.4) is 0 Å². The number of para-hydroxylation sites is 1. The molecular formula is C22H26N4O3S2. The highest BCUT2D eigenvalue weighted by molar-refractivity contribution is 7.91. The summed E-state index contributed by atoms with van der Waals surface area (Å²) in [5.74, 6) is 0.0541. The van der Waals surface area contributed by atoms with Crippen LogP contribution >= 0.6 is 11.3 Å². The molecule has 7 nitrogen and oxygen atoms in total. The number of amides is 1. The summed E-state index contributed by atoms with van der Waals surface area (Å²) in [7, 11) is -3.48. The number of piperidine rings is 1. The number of hydrogen-bond donors (Lipinski definition) is 1. The van der Waals surface area contributed by atoms with Crippen molar-refractivity contribution in [3.05, 3.63) is 64.8 Å². The molecule has 0 saturated carbocycles. The Morgan fingerprint density at radius 1 is 1.13 bits per heavy atom. The van der Waals surface area contributed by atoms with Crippen molar-refractivity contribution >= 4 is 27.3 Å². The van der Waals surface area contributed by atoms with E-state index in [-0.39, 0.29) is 11.9 Å². The van der Waals surface area contributed by atoms with E-state index < -0.39 is 10.0 Å². The second-order valence-corrected chi connectivity index (χ2v) is 10.7. The van der Waals surface area contributed by atoms with Crippen molar-refractivity contribution in [2.24, 2.45) is 0 Å². The Labute approximate surface area is 186 Å². The van der Waals surface area contributed by atoms with Crippen LogP contribution in [0.25, 0.3) is 5.69 Å². The third-order valence-electron chi connectivity index (χ3n) is 5.70. The lowest BCUT2D eigenvalue weighted by Crippen LogP contribution is -2.46. The lowest BCUT2D eigenvalue weighted by atomic mass is 10.0. The van der Waals surface area contributed by atoms with Crippen LogP contribution in [-0.2, 0) is 21.2 Å². The summed E-state index contributed by atoms with van der Waals surface area (Å²) in [6.07, 6.45) is 1.52. The van der Waals surface area contributed by atoms with Crippen LogP contribution in [0, 0.1) is 13.8 Å². The molecule has 1 N–H and O–H groups in total. The molecule has 0 radical (unpaired) electrons. The van der Waals surface area contributed by atoms with Gasteiger partial charge in [-0.25, -0.2) is 17.8 Å². The fraction of sp³-hybridized carbons (Fsp3) is 0.364. The maximum absolute atomic E-state index is 12.9. The first kappa shape index (κ1) is 21.7. The number of sulfonamides is 1. The van der Waals surface area contributed by atoms with E-state index in [9.17, 15) is 13.2 Å². The van der Waals surface area contributed by atoms with Gasteiger partial charge in [0.15, 0.2) is 0 Å². The second kappa shape index (κ2) is 8.94. The van der Waals surface area contributed by atoms with Crippen molar-refractivity contribution < 1.29 is 13.2 Å². The van der Waals surface area contributed by atoms with Gasteiger partial charge in [-0.15, -0.1) is 11.3 Å². The Morgan fingerprint density at radius 3 is 2.48 bits per heavy atom. The quantitative estimate of drug-likeness (QED) is 0.615. The standard InChI is InChI=1S/C22H26N4O3S2/c1-16-20(17(2)26(23-16)19-7-4-3-5-8-19)15-21(27)25-12-10-18(11-13-25)24-31(28,29)22-9-6-14-30-22/h3-9,14,18,24H,10-13,15H2,1-2H3. The van der Waals surface area contributed by atoms with Gasteiger partial charge in [0.2, 0.25) is 15.9 Å². The molecule has 1 aromatic carbocycles. The molecule has 2 aromatic heterocycles. The van der Waals surface area contributed by atoms with Gasteiger partial charge >= 0.3 is 0 Å². The minimum absolute atomic E-state index is 0.0541. The van der Waals surface area contributed by atoms with Gasteiger partial charge < -0.3 is 4.90 Å². The molecule has 3 aromatic rings. The van der Waals surface area contributed by atoms with Crippen molar-refractivity contribution in [1.82, 2.24) is 19.4 Å². The summed E-state index contributed by atoms with van der Waals surface area (Å²) in [5.41, 5.74) is 3.75. The molecule has 0 spiro atoms. The average Bonchev–Trinajstić information content (AvgIpc) is 3.40. The van der Waals surface area contributed by atoms with E-state index >= 15 is 0 Å². The maximum Gasteiger partial charge on any atom is 0.250 e. The summed E-state index contributed by atoms with van der Waals surface area (Å²) in [5, 5.41) is 6.38. The Bertz CT molecular complexity index is 1150. The number of hydrogen-bond acceptors (Lipinski definition) is 5. The van der Waals surface area contributed by atoms with Gasteiger partial charge in [0, 0.05) is 30.4 Å². The van der Waals surface area contributed by atoms with E-state index in [2.05, 4.69) is 9.82 Å². The number of likely N-dealkylation sites (tertiary alicyclic amines) is 1. The fourth-order valence-corrected chi connectivity index (χ4v) is 6.27. The van der Waals surface area contributed by atoms with Crippen LogP contribution in [0.2, 0.25) is 0 Å². The molecule has 164 valence electrons. The molecule has 0 atom stereocenters. The van der Waals surface area contributed by atoms with E-state index in [1.54, 1.807) is 17.5 Å². The topological polar surface area (TPSA) is 84.3 Å². The highest BCUT2D eigenvalue weighted by Crippen LogP contribution is 2.21. The summed E-state index contributed by atoms with van der Waals surface area (Å²) >= 11 is 1.21. The first-order chi connectivity index (χ1) is 14.8. The van der Waals surface area contributed by atoms with Gasteiger partial charge in [0.05, 0.1) is 17.8 Å². The predicted octanol–water partition coefficient (Wildman–Crippen LogP) is 3.06. The van der Waals surface area contributed by atoms with Gasteiger partial charge in [0.25, 0.3) is 0 Å². The number of carbonyl (C=O) groups is 1. The molecule has 9 heteroatoms. The highest BCUT2D eigenvalue weighted by Gasteiger charge is 2.28. The molecule has 1 aliphatic rings. The fourth-order valence-electron chi connectivity index (χ4n) is 3.96. The van der Waals surface area contributed by atoms with E-state index in [1.165, 1.54) is 11.3 Å². The van der Waals surface area contributed by atoms with Crippen LogP contribution < -0.4 is 4.72 Å². The van der Waals surface area contributed by atoms with E-state index in [0.29, 0.717) is 36.6 Å². The monoisotopic (exact) mass is 458 g/mol. The molecule has 1 saturated heterocycles. The van der Waals surface area contributed by atoms with Crippen LogP contribution in [-0.4, -0.2) is 48.1 Å². The number of nitrogens with one attached hydrogen (secondary N) is 1. The van der Waals surface area contributed by atoms with Crippen LogP contribution in [0.1, 0.15) is 29.8 Å². The first-order valence-corrected chi connectivity index (χ1v) is 12.7. The summed E-state index contributed by atoms with van der Waals surface area (Å²) in [6, 6.07) is 13.1. The Morgan fingerprint density at radius 2 is 1.84 bits per heavy atom. The van der Waals surface area contributed by atoms with Gasteiger partial charge in [0.1, 0.15) is 4.21 Å². The third kappa shape index (κ3) is 4.73. The second-order valence-electron chi connectivity index (χ2n) is 7.78. The summed E-state index contributed by atoms with van der Waals surface area (Å²) < 4.78 is 29.8. The molecule has 4 rings (SSSR count). The van der Waals surface area contributed by atoms with Crippen molar-refractivity contribution in [3.8, 4) is 5.69 Å². The Hall–Kier alpha value is -2.49. The van der Waals surface area contributed by atoms with Gasteiger partial charge in [-0.05, 0) is 50.3 Å². The van der Waals surface area contributed by atoms with Crippen LogP contribution in [0.15, 0.2) is 52.1 Å². The molecule has 3 heterocycles. The van der Waals surface area contributed by atoms with Gasteiger partial charge in [-0.2, -0.15) is 5.10 Å². The van der Waals surface area contributed by atoms with Crippen LogP contribution in [0.5, 0.6) is 0 Å². The third-order valence-corrected chi connectivity index (χ3v) is 8.62. The molecular weight excluding hydrogens is 432 g/mol. The van der Waals surface area contributed by atoms with E-state index in [4.69, 9.17) is 0 Å². The van der Waals surface area contributed by atoms with Crippen molar-refractivity contribution in [2.45, 2.75) is 43.4 Å². The molecule has 31 heavy (non-hydrogen) atoms. The number of carbonyl (C=O) groups excluding carboxylic acids is 1. The summed E-state index contributed by atoms with van der Waals surface area (Å²) in [6.45, 7) is 5.00. The number of aryl methyl sites for hydroxylation is 1. The Kier molecular flexibility index (Phi) is 6.27. The minimum atomic E-state index is -3.48. The molecule has 1 fully saturated rings. The first-order valence-electron chi connectivity index (χ1n) is 10.3. The molecule has 0 aliphatic carbocycles. The zero-order chi connectivity index (χ0) is 22.0. The van der Waals surface area contributed by atoms with Crippen molar-refractivity contribution in [3.63, 3.8) is 0 Å². The largest absolute Gasteiger partial charge is 0.342 e. The number of aromatic nitrogens is 2. The summed E-state index contributed by atoms with van der Waals surface area (Å²) in [4.78, 5) is 14.8. The van der Waals surface area contributed by atoms with E-state index in [1.807, 2.05) is 53.8 Å². The average molecular weight is 459 g/mol. The zero-order valence-electron chi connectivity index (χ0n) is 17.6. The van der Waals surface area contributed by atoms with E-state index in [0.717, 1.165) is 22.6 Å². The minimum Gasteiger partial charge on any atom is -0.342 e. The normalized spacial score (nSPS) is 15.4. The molecule has 1 aliphatic heterocycles. The van der Waals surface area contributed by atoms with Gasteiger partial charge in [-0.1, -0.05) is 24.3 Å². The zero-order valence-corrected chi connectivity index (χ0v) is 19.2. The van der Waals surface area contributed by atoms with Crippen molar-refractivity contribution in [1.29, 1.82) is 0 Å². The number of thiophene rings is 1. The maximum atomic E-state index is 12.9. The SMILES string of the molecule is Cc1nn(-c2ccccc2)c(C)c1CC(=O)N1CCC(NS(=O)(=O)c2cccs2)CC1. The van der Waals surface area contributed by atoms with Crippen molar-refractivity contribution in [2.75, 3.05) is 13.1 Å². The highest BCUT2D eigenvalue weighted by atomic mass is 32.2. The lowest BCUT2D eigenvalue weighted by Gasteiger charge is -2.32. The lowest BCUT2D eigenvalue weighted by molar-refractivity contribution is -0.131. The molecule has 1 amide bonds. The van der Waals surface area contributed by atoms with Gasteiger partial charge in [-0.3, -0.25) is 4.79 Å². The number of rotatable bonds is 6. The molecule has 0 bridgehead atoms. The molecule has 0 unspecified atom stereocenters. The predicted molar refractivity (Wildman–Crippen MR) is 121 cm³/mol. The smallest absolute Gasteiger partial charge is 0.250 e. The Balaban J connectivity index is 1.37. The number of nitrogens with zero attached hydrogens (tertiary/aromatic N) is 3.